The maximum absolute atomic E-state index is 12.6. The minimum Gasteiger partial charge on any atom is -0.496 e. The molecule has 0 unspecified atom stereocenters. The van der Waals surface area contributed by atoms with Crippen LogP contribution in [0.25, 0.3) is 6.08 Å². The third-order valence-electron chi connectivity index (χ3n) is 4.67. The Morgan fingerprint density at radius 2 is 1.93 bits per heavy atom. The number of amides is 1. The van der Waals surface area contributed by atoms with E-state index in [-0.39, 0.29) is 11.6 Å². The molecule has 1 aliphatic rings. The molecule has 2 aromatic carbocycles. The molecule has 29 heavy (non-hydrogen) atoms. The third-order valence-corrected chi connectivity index (χ3v) is 5.47. The number of methoxy groups -OCH3 is 1. The molecule has 0 spiro atoms. The van der Waals surface area contributed by atoms with Crippen molar-refractivity contribution in [3.05, 3.63) is 67.6 Å². The third kappa shape index (κ3) is 5.07. The first-order valence-electron chi connectivity index (χ1n) is 8.88. The zero-order valence-corrected chi connectivity index (χ0v) is 18.0. The lowest BCUT2D eigenvalue weighted by molar-refractivity contribution is -0.384. The largest absolute Gasteiger partial charge is 0.496 e. The van der Waals surface area contributed by atoms with Crippen molar-refractivity contribution in [3.8, 4) is 5.75 Å². The second-order valence-electron chi connectivity index (χ2n) is 6.42. The van der Waals surface area contributed by atoms with E-state index in [1.165, 1.54) is 12.1 Å². The lowest BCUT2D eigenvalue weighted by Gasteiger charge is -2.36. The minimum atomic E-state index is -0.473. The summed E-state index contributed by atoms with van der Waals surface area (Å²) >= 11 is 9.63. The standard InChI is InChI=1S/C20H19BrClN3O4/c1-29-19-6-3-15(21)12-14(19)2-7-20(26)24-10-8-23(9-11-24)18-5-4-16(25(27)28)13-17(18)22/h2-7,12-13H,8-11H2,1H3. The smallest absolute Gasteiger partial charge is 0.271 e. The van der Waals surface area contributed by atoms with Crippen molar-refractivity contribution in [1.82, 2.24) is 4.90 Å². The first-order valence-corrected chi connectivity index (χ1v) is 10.1. The summed E-state index contributed by atoms with van der Waals surface area (Å²) in [5.74, 6) is 0.608. The molecule has 1 heterocycles. The first-order chi connectivity index (χ1) is 13.9. The van der Waals surface area contributed by atoms with Crippen molar-refractivity contribution in [3.63, 3.8) is 0 Å². The molecule has 1 amide bonds. The van der Waals surface area contributed by atoms with Crippen molar-refractivity contribution < 1.29 is 14.5 Å². The highest BCUT2D eigenvalue weighted by Crippen LogP contribution is 2.30. The van der Waals surface area contributed by atoms with E-state index in [9.17, 15) is 14.9 Å². The van der Waals surface area contributed by atoms with Crippen LogP contribution in [-0.4, -0.2) is 49.0 Å². The van der Waals surface area contributed by atoms with Crippen LogP contribution in [0.3, 0.4) is 0 Å². The molecular weight excluding hydrogens is 462 g/mol. The van der Waals surface area contributed by atoms with Gasteiger partial charge in [0, 0.05) is 54.4 Å². The Balaban J connectivity index is 1.63. The zero-order chi connectivity index (χ0) is 21.0. The molecule has 1 saturated heterocycles. The van der Waals surface area contributed by atoms with E-state index in [1.807, 2.05) is 23.1 Å². The molecule has 0 bridgehead atoms. The molecule has 2 aromatic rings. The predicted octanol–water partition coefficient (Wildman–Crippen LogP) is 4.38. The van der Waals surface area contributed by atoms with Crippen molar-refractivity contribution in [2.75, 3.05) is 38.2 Å². The summed E-state index contributed by atoms with van der Waals surface area (Å²) in [4.78, 5) is 26.7. The SMILES string of the molecule is COc1ccc(Br)cc1C=CC(=O)N1CCN(c2ccc([N+](=O)[O-])cc2Cl)CC1. The van der Waals surface area contributed by atoms with E-state index < -0.39 is 4.92 Å². The van der Waals surface area contributed by atoms with Crippen LogP contribution >= 0.6 is 27.5 Å². The normalized spacial score (nSPS) is 14.3. The Morgan fingerprint density at radius 3 is 2.55 bits per heavy atom. The highest BCUT2D eigenvalue weighted by molar-refractivity contribution is 9.10. The topological polar surface area (TPSA) is 75.9 Å². The number of non-ortho nitro benzene ring substituents is 1. The number of hydrogen-bond acceptors (Lipinski definition) is 5. The average molecular weight is 481 g/mol. The molecule has 0 N–H and O–H groups in total. The number of hydrogen-bond donors (Lipinski definition) is 0. The fourth-order valence-corrected chi connectivity index (χ4v) is 3.81. The highest BCUT2D eigenvalue weighted by Gasteiger charge is 2.22. The van der Waals surface area contributed by atoms with Crippen LogP contribution in [0.15, 0.2) is 46.9 Å². The number of carbonyl (C=O) groups excluding carboxylic acids is 1. The maximum Gasteiger partial charge on any atom is 0.271 e. The van der Waals surface area contributed by atoms with E-state index in [0.717, 1.165) is 15.7 Å². The van der Waals surface area contributed by atoms with Gasteiger partial charge in [-0.05, 0) is 30.3 Å². The Labute approximate surface area is 181 Å². The molecule has 1 fully saturated rings. The fraction of sp³-hybridized carbons (Fsp3) is 0.250. The van der Waals surface area contributed by atoms with E-state index in [1.54, 1.807) is 30.2 Å². The fourth-order valence-electron chi connectivity index (χ4n) is 3.14. The number of nitro benzene ring substituents is 1. The van der Waals surface area contributed by atoms with Gasteiger partial charge in [0.25, 0.3) is 5.69 Å². The van der Waals surface area contributed by atoms with Gasteiger partial charge in [0.05, 0.1) is 22.7 Å². The van der Waals surface area contributed by atoms with Gasteiger partial charge in [-0.2, -0.15) is 0 Å². The zero-order valence-electron chi connectivity index (χ0n) is 15.7. The van der Waals surface area contributed by atoms with Crippen LogP contribution < -0.4 is 9.64 Å². The van der Waals surface area contributed by atoms with Gasteiger partial charge in [0.1, 0.15) is 5.75 Å². The van der Waals surface area contributed by atoms with Crippen LogP contribution in [0.2, 0.25) is 5.02 Å². The number of benzene rings is 2. The molecule has 1 aliphatic heterocycles. The summed E-state index contributed by atoms with van der Waals surface area (Å²) in [6.45, 7) is 2.26. The second kappa shape index (κ2) is 9.28. The molecular formula is C20H19BrClN3O4. The van der Waals surface area contributed by atoms with Crippen molar-refractivity contribution in [1.29, 1.82) is 0 Å². The van der Waals surface area contributed by atoms with Crippen molar-refractivity contribution >= 4 is 50.9 Å². The van der Waals surface area contributed by atoms with Gasteiger partial charge >= 0.3 is 0 Å². The molecule has 0 radical (unpaired) electrons. The quantitative estimate of drug-likeness (QED) is 0.361. The second-order valence-corrected chi connectivity index (χ2v) is 7.75. The Bertz CT molecular complexity index is 959. The number of anilines is 1. The summed E-state index contributed by atoms with van der Waals surface area (Å²) in [7, 11) is 1.59. The number of halogens is 2. The maximum atomic E-state index is 12.6. The van der Waals surface area contributed by atoms with E-state index in [4.69, 9.17) is 16.3 Å². The van der Waals surface area contributed by atoms with Crippen molar-refractivity contribution in [2.45, 2.75) is 0 Å². The number of carbonyl (C=O) groups is 1. The summed E-state index contributed by atoms with van der Waals surface area (Å²) < 4.78 is 6.22. The number of rotatable bonds is 5. The number of nitro groups is 1. The van der Waals surface area contributed by atoms with Crippen LogP contribution in [0, 0.1) is 10.1 Å². The molecule has 9 heteroatoms. The number of ether oxygens (including phenoxy) is 1. The average Bonchev–Trinajstić information content (AvgIpc) is 2.72. The monoisotopic (exact) mass is 479 g/mol. The van der Waals surface area contributed by atoms with Crippen molar-refractivity contribution in [2.24, 2.45) is 0 Å². The van der Waals surface area contributed by atoms with Crippen LogP contribution in [0.1, 0.15) is 5.56 Å². The van der Waals surface area contributed by atoms with Crippen LogP contribution in [-0.2, 0) is 4.79 Å². The molecule has 0 aliphatic carbocycles. The Morgan fingerprint density at radius 1 is 1.21 bits per heavy atom. The van der Waals surface area contributed by atoms with Gasteiger partial charge in [0.15, 0.2) is 0 Å². The van der Waals surface area contributed by atoms with Gasteiger partial charge in [-0.3, -0.25) is 14.9 Å². The highest BCUT2D eigenvalue weighted by atomic mass is 79.9. The van der Waals surface area contributed by atoms with Crippen LogP contribution in [0.4, 0.5) is 11.4 Å². The lowest BCUT2D eigenvalue weighted by Crippen LogP contribution is -2.48. The van der Waals surface area contributed by atoms with Gasteiger partial charge < -0.3 is 14.5 Å². The van der Waals surface area contributed by atoms with Crippen LogP contribution in [0.5, 0.6) is 5.75 Å². The molecule has 152 valence electrons. The van der Waals surface area contributed by atoms with Gasteiger partial charge in [-0.15, -0.1) is 0 Å². The first kappa shape index (κ1) is 21.1. The molecule has 0 atom stereocenters. The summed E-state index contributed by atoms with van der Waals surface area (Å²) in [5, 5.41) is 11.2. The lowest BCUT2D eigenvalue weighted by atomic mass is 10.2. The van der Waals surface area contributed by atoms with E-state index in [2.05, 4.69) is 15.9 Å². The van der Waals surface area contributed by atoms with E-state index in [0.29, 0.717) is 37.0 Å². The summed E-state index contributed by atoms with van der Waals surface area (Å²) in [6.07, 6.45) is 3.28. The molecule has 7 nitrogen and oxygen atoms in total. The Hall–Kier alpha value is -2.58. The molecule has 0 saturated carbocycles. The number of piperazine rings is 1. The summed E-state index contributed by atoms with van der Waals surface area (Å²) in [6, 6.07) is 10.0. The number of nitrogens with zero attached hydrogens (tertiary/aromatic N) is 3. The van der Waals surface area contributed by atoms with Gasteiger partial charge in [-0.25, -0.2) is 0 Å². The molecule has 0 aromatic heterocycles. The Kier molecular flexibility index (Phi) is 6.76. The summed E-state index contributed by atoms with van der Waals surface area (Å²) in [5.41, 5.74) is 1.51. The predicted molar refractivity (Wildman–Crippen MR) is 117 cm³/mol. The van der Waals surface area contributed by atoms with Gasteiger partial charge in [0.2, 0.25) is 5.91 Å². The molecule has 3 rings (SSSR count). The van der Waals surface area contributed by atoms with Gasteiger partial charge in [-0.1, -0.05) is 27.5 Å². The minimum absolute atomic E-state index is 0.0410. The van der Waals surface area contributed by atoms with E-state index >= 15 is 0 Å².